The standard InChI is InChI=1S/C19H19Br2NO7/c1-26-13-6-5-10(7-12(13)22(24)25)16(20)17(21)18(23)11-8-14(27-2)19(29-4)15(9-11)28-3/h5-9,16-17H,1-4H3. The highest BCUT2D eigenvalue weighted by molar-refractivity contribution is 9.12. The third-order valence-electron chi connectivity index (χ3n) is 4.17. The molecule has 0 heterocycles. The number of halogens is 2. The Morgan fingerprint density at radius 3 is 1.93 bits per heavy atom. The average Bonchev–Trinajstić information content (AvgIpc) is 2.75. The number of hydrogen-bond acceptors (Lipinski definition) is 7. The van der Waals surface area contributed by atoms with E-state index in [0.29, 0.717) is 28.4 Å². The van der Waals surface area contributed by atoms with E-state index in [1.165, 1.54) is 40.6 Å². The van der Waals surface area contributed by atoms with Gasteiger partial charge in [0.1, 0.15) is 0 Å². The summed E-state index contributed by atoms with van der Waals surface area (Å²) in [6, 6.07) is 7.62. The van der Waals surface area contributed by atoms with Crippen LogP contribution in [0.5, 0.6) is 23.0 Å². The van der Waals surface area contributed by atoms with Crippen molar-refractivity contribution in [3.63, 3.8) is 0 Å². The number of alkyl halides is 2. The minimum absolute atomic E-state index is 0.139. The number of hydrogen-bond donors (Lipinski definition) is 0. The van der Waals surface area contributed by atoms with Crippen molar-refractivity contribution in [2.24, 2.45) is 0 Å². The fourth-order valence-corrected chi connectivity index (χ4v) is 3.80. The van der Waals surface area contributed by atoms with E-state index in [2.05, 4.69) is 31.9 Å². The third kappa shape index (κ3) is 4.81. The lowest BCUT2D eigenvalue weighted by atomic mass is 10.0. The predicted octanol–water partition coefficient (Wildman–Crippen LogP) is 4.71. The molecule has 0 saturated carbocycles. The van der Waals surface area contributed by atoms with Crippen molar-refractivity contribution in [2.75, 3.05) is 28.4 Å². The molecule has 29 heavy (non-hydrogen) atoms. The van der Waals surface area contributed by atoms with E-state index in [-0.39, 0.29) is 17.2 Å². The molecule has 2 aromatic rings. The van der Waals surface area contributed by atoms with Crippen molar-refractivity contribution >= 4 is 43.3 Å². The summed E-state index contributed by atoms with van der Waals surface area (Å²) in [5.74, 6) is 0.936. The van der Waals surface area contributed by atoms with Gasteiger partial charge in [-0.15, -0.1) is 0 Å². The highest BCUT2D eigenvalue weighted by atomic mass is 79.9. The summed E-state index contributed by atoms with van der Waals surface area (Å²) in [6.07, 6.45) is 0. The van der Waals surface area contributed by atoms with Crippen molar-refractivity contribution in [3.05, 3.63) is 51.6 Å². The van der Waals surface area contributed by atoms with E-state index in [9.17, 15) is 14.9 Å². The van der Waals surface area contributed by atoms with Crippen LogP contribution in [0.1, 0.15) is 20.7 Å². The molecule has 0 spiro atoms. The zero-order valence-electron chi connectivity index (χ0n) is 16.1. The number of ether oxygens (including phenoxy) is 4. The highest BCUT2D eigenvalue weighted by Crippen LogP contribution is 2.41. The maximum absolute atomic E-state index is 13.0. The summed E-state index contributed by atoms with van der Waals surface area (Å²) in [5.41, 5.74) is 0.684. The van der Waals surface area contributed by atoms with Crippen molar-refractivity contribution in [1.29, 1.82) is 0 Å². The van der Waals surface area contributed by atoms with Gasteiger partial charge in [-0.2, -0.15) is 0 Å². The fourth-order valence-electron chi connectivity index (χ4n) is 2.71. The SMILES string of the molecule is COc1ccc(C(Br)C(Br)C(=O)c2cc(OC)c(OC)c(OC)c2)cc1[N+](=O)[O-]. The maximum atomic E-state index is 13.0. The Labute approximate surface area is 184 Å². The second-order valence-electron chi connectivity index (χ2n) is 5.77. The number of nitro benzene ring substituents is 1. The van der Waals surface area contributed by atoms with E-state index >= 15 is 0 Å². The molecular formula is C19H19Br2NO7. The zero-order valence-corrected chi connectivity index (χ0v) is 19.3. The zero-order chi connectivity index (χ0) is 21.7. The molecule has 0 fully saturated rings. The van der Waals surface area contributed by atoms with Crippen LogP contribution in [0.25, 0.3) is 0 Å². The van der Waals surface area contributed by atoms with Gasteiger partial charge in [0, 0.05) is 11.6 Å². The first-order chi connectivity index (χ1) is 13.8. The lowest BCUT2D eigenvalue weighted by Crippen LogP contribution is -2.19. The molecule has 0 aliphatic carbocycles. The number of carbonyl (C=O) groups excluding carboxylic acids is 1. The highest BCUT2D eigenvalue weighted by Gasteiger charge is 2.29. The van der Waals surface area contributed by atoms with Crippen LogP contribution < -0.4 is 18.9 Å². The van der Waals surface area contributed by atoms with Crippen LogP contribution in [-0.4, -0.2) is 44.0 Å². The molecule has 0 radical (unpaired) electrons. The fraction of sp³-hybridized carbons (Fsp3) is 0.316. The molecule has 156 valence electrons. The van der Waals surface area contributed by atoms with Crippen LogP contribution in [-0.2, 0) is 0 Å². The van der Waals surface area contributed by atoms with Gasteiger partial charge >= 0.3 is 5.69 Å². The third-order valence-corrected chi connectivity index (χ3v) is 6.89. The molecule has 8 nitrogen and oxygen atoms in total. The number of rotatable bonds is 9. The molecule has 0 saturated heterocycles. The number of methoxy groups -OCH3 is 4. The summed E-state index contributed by atoms with van der Waals surface area (Å²) in [4.78, 5) is 22.5. The van der Waals surface area contributed by atoms with Crippen LogP contribution in [0.2, 0.25) is 0 Å². The van der Waals surface area contributed by atoms with Gasteiger partial charge in [-0.05, 0) is 23.8 Å². The Kier molecular flexibility index (Phi) is 7.86. The largest absolute Gasteiger partial charge is 0.493 e. The van der Waals surface area contributed by atoms with Gasteiger partial charge in [0.15, 0.2) is 23.0 Å². The summed E-state index contributed by atoms with van der Waals surface area (Å²) >= 11 is 6.86. The summed E-state index contributed by atoms with van der Waals surface area (Å²) in [5, 5.41) is 11.3. The number of Topliss-reactive ketones (excluding diaryl/α,β-unsaturated/α-hetero) is 1. The van der Waals surface area contributed by atoms with Crippen LogP contribution in [0.15, 0.2) is 30.3 Å². The number of benzene rings is 2. The van der Waals surface area contributed by atoms with E-state index in [1.807, 2.05) is 0 Å². The average molecular weight is 533 g/mol. The van der Waals surface area contributed by atoms with Gasteiger partial charge in [0.05, 0.1) is 43.0 Å². The summed E-state index contributed by atoms with van der Waals surface area (Å²) < 4.78 is 20.9. The number of nitrogens with zero attached hydrogens (tertiary/aromatic N) is 1. The molecule has 2 aromatic carbocycles. The van der Waals surface area contributed by atoms with Gasteiger partial charge in [-0.3, -0.25) is 14.9 Å². The first kappa shape index (κ1) is 23.0. The summed E-state index contributed by atoms with van der Waals surface area (Å²) in [7, 11) is 5.75. The van der Waals surface area contributed by atoms with E-state index in [1.54, 1.807) is 18.2 Å². The van der Waals surface area contributed by atoms with Gasteiger partial charge in [-0.1, -0.05) is 37.9 Å². The Morgan fingerprint density at radius 1 is 0.931 bits per heavy atom. The maximum Gasteiger partial charge on any atom is 0.311 e. The van der Waals surface area contributed by atoms with Crippen molar-refractivity contribution in [3.8, 4) is 23.0 Å². The van der Waals surface area contributed by atoms with Crippen molar-refractivity contribution in [2.45, 2.75) is 9.65 Å². The Bertz CT molecular complexity index is 894. The molecule has 2 rings (SSSR count). The molecule has 0 N–H and O–H groups in total. The Morgan fingerprint density at radius 2 is 1.48 bits per heavy atom. The molecule has 0 amide bonds. The van der Waals surface area contributed by atoms with E-state index < -0.39 is 14.6 Å². The Hall–Kier alpha value is -2.33. The van der Waals surface area contributed by atoms with Crippen LogP contribution >= 0.6 is 31.9 Å². The topological polar surface area (TPSA) is 97.1 Å². The molecule has 0 aromatic heterocycles. The van der Waals surface area contributed by atoms with Crippen molar-refractivity contribution < 1.29 is 28.7 Å². The summed E-state index contributed by atoms with van der Waals surface area (Å²) in [6.45, 7) is 0. The molecule has 0 aliphatic rings. The van der Waals surface area contributed by atoms with Gasteiger partial charge < -0.3 is 18.9 Å². The lowest BCUT2D eigenvalue weighted by Gasteiger charge is -2.18. The minimum atomic E-state index is -0.724. The molecule has 2 atom stereocenters. The van der Waals surface area contributed by atoms with E-state index in [0.717, 1.165) is 0 Å². The first-order valence-corrected chi connectivity index (χ1v) is 10.1. The smallest absolute Gasteiger partial charge is 0.311 e. The predicted molar refractivity (Wildman–Crippen MR) is 114 cm³/mol. The number of carbonyl (C=O) groups is 1. The quantitative estimate of drug-likeness (QED) is 0.199. The normalized spacial score (nSPS) is 12.6. The van der Waals surface area contributed by atoms with Gasteiger partial charge in [0.25, 0.3) is 0 Å². The first-order valence-electron chi connectivity index (χ1n) is 8.23. The van der Waals surface area contributed by atoms with Crippen LogP contribution in [0.3, 0.4) is 0 Å². The van der Waals surface area contributed by atoms with Gasteiger partial charge in [0.2, 0.25) is 5.75 Å². The second-order valence-corrected chi connectivity index (χ2v) is 7.74. The van der Waals surface area contributed by atoms with Crippen LogP contribution in [0, 0.1) is 10.1 Å². The molecule has 0 aliphatic heterocycles. The second kappa shape index (κ2) is 9.93. The molecule has 10 heteroatoms. The number of nitro groups is 1. The lowest BCUT2D eigenvalue weighted by molar-refractivity contribution is -0.385. The monoisotopic (exact) mass is 531 g/mol. The molecule has 0 bridgehead atoms. The Balaban J connectivity index is 2.39. The van der Waals surface area contributed by atoms with E-state index in [4.69, 9.17) is 18.9 Å². The molecular weight excluding hydrogens is 514 g/mol. The minimum Gasteiger partial charge on any atom is -0.493 e. The van der Waals surface area contributed by atoms with Crippen molar-refractivity contribution in [1.82, 2.24) is 0 Å². The molecule has 2 unspecified atom stereocenters. The number of ketones is 1. The van der Waals surface area contributed by atoms with Gasteiger partial charge in [-0.25, -0.2) is 0 Å². The van der Waals surface area contributed by atoms with Crippen LogP contribution in [0.4, 0.5) is 5.69 Å².